The lowest BCUT2D eigenvalue weighted by molar-refractivity contribution is 0.568. The van der Waals surface area contributed by atoms with Gasteiger partial charge in [0.05, 0.1) is 13.1 Å². The Bertz CT molecular complexity index is 142. The third kappa shape index (κ3) is 5.83. The average Bonchev–Trinajstić information content (AvgIpc) is 1.62. The van der Waals surface area contributed by atoms with E-state index in [1.165, 1.54) is 0 Å². The quantitative estimate of drug-likeness (QED) is 0.450. The van der Waals surface area contributed by atoms with Gasteiger partial charge in [0.2, 0.25) is 0 Å². The van der Waals surface area contributed by atoms with Crippen LogP contribution in [-0.2, 0) is 4.79 Å². The first-order valence-electron chi connectivity index (χ1n) is 2.85. The summed E-state index contributed by atoms with van der Waals surface area (Å²) in [5.74, 6) is 1.69. The van der Waals surface area contributed by atoms with E-state index in [-0.39, 0.29) is 0 Å². The van der Waals surface area contributed by atoms with Crippen LogP contribution >= 0.6 is 11.6 Å². The molecule has 0 saturated carbocycles. The molecule has 0 aliphatic rings. The lowest BCUT2D eigenvalue weighted by Gasteiger charge is -2.11. The molecule has 0 rings (SSSR count). The van der Waals surface area contributed by atoms with Crippen molar-refractivity contribution in [1.29, 1.82) is 0 Å². The van der Waals surface area contributed by atoms with Crippen LogP contribution in [0.4, 0.5) is 0 Å². The van der Waals surface area contributed by atoms with Crippen molar-refractivity contribution in [3.63, 3.8) is 0 Å². The van der Waals surface area contributed by atoms with Gasteiger partial charge >= 0.3 is 0 Å². The van der Waals surface area contributed by atoms with E-state index in [1.807, 2.05) is 0 Å². The van der Waals surface area contributed by atoms with Crippen LogP contribution in [0.5, 0.6) is 0 Å². The molecule has 9 heavy (non-hydrogen) atoms. The molecule has 1 nitrogen and oxygen atoms in total. The maximum absolute atomic E-state index is 9.91. The van der Waals surface area contributed by atoms with Crippen LogP contribution in [0, 0.1) is 0 Å². The van der Waals surface area contributed by atoms with Crippen LogP contribution in [0.25, 0.3) is 0 Å². The molecule has 0 atom stereocenters. The summed E-state index contributed by atoms with van der Waals surface area (Å²) in [5, 5.41) is 0.342. The molecule has 0 spiro atoms. The second kappa shape index (κ2) is 3.21. The predicted molar refractivity (Wildman–Crippen MR) is 43.2 cm³/mol. The summed E-state index contributed by atoms with van der Waals surface area (Å²) in [7, 11) is -1.17. The molecule has 0 aliphatic heterocycles. The number of halogens is 1. The van der Waals surface area contributed by atoms with Gasteiger partial charge in [0.1, 0.15) is 5.94 Å². The smallest absolute Gasteiger partial charge is 0.140 e. The number of rotatable bonds is 2. The normalized spacial score (nSPS) is 10.7. The summed E-state index contributed by atoms with van der Waals surface area (Å²) in [4.78, 5) is 9.91. The van der Waals surface area contributed by atoms with Crippen molar-refractivity contribution < 1.29 is 4.79 Å². The first-order valence-corrected chi connectivity index (χ1v) is 6.94. The van der Waals surface area contributed by atoms with E-state index in [0.717, 1.165) is 6.04 Å². The van der Waals surface area contributed by atoms with Crippen LogP contribution in [0.1, 0.15) is 0 Å². The monoisotopic (exact) mass is 162 g/mol. The Morgan fingerprint density at radius 2 is 2.00 bits per heavy atom. The van der Waals surface area contributed by atoms with Crippen LogP contribution < -0.4 is 0 Å². The minimum absolute atomic E-state index is 0.342. The van der Waals surface area contributed by atoms with E-state index in [1.54, 1.807) is 5.94 Å². The van der Waals surface area contributed by atoms with Crippen molar-refractivity contribution in [1.82, 2.24) is 0 Å². The number of hydrogen-bond donors (Lipinski definition) is 0. The highest BCUT2D eigenvalue weighted by Crippen LogP contribution is 2.16. The van der Waals surface area contributed by atoms with E-state index in [0.29, 0.717) is 5.03 Å². The lowest BCUT2D eigenvalue weighted by atomic mass is 10.7. The standard InChI is InChI=1S/C6H11ClOSi/c1-9(2,3)5-6(7)4-8/h5H2,1-3H3. The molecular weight excluding hydrogens is 152 g/mol. The fourth-order valence-electron chi connectivity index (χ4n) is 0.502. The molecule has 0 saturated heterocycles. The SMILES string of the molecule is C[Si](C)(C)CC(Cl)=C=O. The van der Waals surface area contributed by atoms with Gasteiger partial charge in [0.15, 0.2) is 0 Å². The third-order valence-electron chi connectivity index (χ3n) is 0.796. The number of hydrogen-bond acceptors (Lipinski definition) is 1. The summed E-state index contributed by atoms with van der Waals surface area (Å²) in [5.41, 5.74) is 0. The second-order valence-corrected chi connectivity index (χ2v) is 9.18. The zero-order valence-electron chi connectivity index (χ0n) is 5.99. The topological polar surface area (TPSA) is 17.1 Å². The van der Waals surface area contributed by atoms with E-state index < -0.39 is 8.07 Å². The predicted octanol–water partition coefficient (Wildman–Crippen LogP) is 2.28. The van der Waals surface area contributed by atoms with Gasteiger partial charge < -0.3 is 0 Å². The molecule has 0 bridgehead atoms. The summed E-state index contributed by atoms with van der Waals surface area (Å²) in [6.07, 6.45) is 0. The largest absolute Gasteiger partial charge is 0.232 e. The molecule has 0 amide bonds. The Kier molecular flexibility index (Phi) is 3.19. The molecule has 0 fully saturated rings. The fourth-order valence-corrected chi connectivity index (χ4v) is 2.71. The highest BCUT2D eigenvalue weighted by Gasteiger charge is 2.14. The van der Waals surface area contributed by atoms with Crippen molar-refractivity contribution in [2.75, 3.05) is 0 Å². The van der Waals surface area contributed by atoms with Gasteiger partial charge in [-0.2, -0.15) is 0 Å². The minimum atomic E-state index is -1.17. The summed E-state index contributed by atoms with van der Waals surface area (Å²) in [6.45, 7) is 6.48. The fraction of sp³-hybridized carbons (Fsp3) is 0.667. The van der Waals surface area contributed by atoms with Gasteiger partial charge in [-0.1, -0.05) is 31.2 Å². The number of allylic oxidation sites excluding steroid dienone is 1. The summed E-state index contributed by atoms with van der Waals surface area (Å²) < 4.78 is 0. The van der Waals surface area contributed by atoms with Crippen molar-refractivity contribution in [3.05, 3.63) is 5.03 Å². The molecule has 0 aromatic carbocycles. The highest BCUT2D eigenvalue weighted by atomic mass is 35.5. The van der Waals surface area contributed by atoms with Gasteiger partial charge in [-0.25, -0.2) is 4.79 Å². The van der Waals surface area contributed by atoms with Gasteiger partial charge in [0.25, 0.3) is 0 Å². The van der Waals surface area contributed by atoms with Crippen molar-refractivity contribution in [2.24, 2.45) is 0 Å². The van der Waals surface area contributed by atoms with Crippen LogP contribution in [0.2, 0.25) is 25.7 Å². The molecule has 0 N–H and O–H groups in total. The van der Waals surface area contributed by atoms with E-state index in [2.05, 4.69) is 19.6 Å². The average molecular weight is 163 g/mol. The van der Waals surface area contributed by atoms with Gasteiger partial charge in [-0.3, -0.25) is 0 Å². The molecule has 0 unspecified atom stereocenters. The van der Waals surface area contributed by atoms with Crippen LogP contribution in [0.15, 0.2) is 5.03 Å². The summed E-state index contributed by atoms with van der Waals surface area (Å²) >= 11 is 5.48. The van der Waals surface area contributed by atoms with Crippen molar-refractivity contribution in [3.8, 4) is 0 Å². The van der Waals surface area contributed by atoms with E-state index in [4.69, 9.17) is 11.6 Å². The Balaban J connectivity index is 3.89. The Labute approximate surface area is 61.7 Å². The first-order chi connectivity index (χ1) is 3.95. The minimum Gasteiger partial charge on any atom is -0.232 e. The molecule has 0 aromatic rings. The molecule has 52 valence electrons. The van der Waals surface area contributed by atoms with Crippen molar-refractivity contribution >= 4 is 25.6 Å². The Hall–Kier alpha value is -0.0431. The van der Waals surface area contributed by atoms with Crippen molar-refractivity contribution in [2.45, 2.75) is 25.7 Å². The third-order valence-corrected chi connectivity index (χ3v) is 2.65. The summed E-state index contributed by atoms with van der Waals surface area (Å²) in [6, 6.07) is 0.748. The maximum Gasteiger partial charge on any atom is 0.140 e. The van der Waals surface area contributed by atoms with Crippen LogP contribution in [-0.4, -0.2) is 14.0 Å². The van der Waals surface area contributed by atoms with E-state index in [9.17, 15) is 4.79 Å². The lowest BCUT2D eigenvalue weighted by Crippen LogP contribution is -2.18. The highest BCUT2D eigenvalue weighted by molar-refractivity contribution is 6.77. The molecule has 0 aliphatic carbocycles. The second-order valence-electron chi connectivity index (χ2n) is 3.24. The molecule has 0 aromatic heterocycles. The zero-order chi connectivity index (χ0) is 7.49. The van der Waals surface area contributed by atoms with Gasteiger partial charge in [-0.15, -0.1) is 0 Å². The van der Waals surface area contributed by atoms with Crippen LogP contribution in [0.3, 0.4) is 0 Å². The maximum atomic E-state index is 9.91. The van der Waals surface area contributed by atoms with Gasteiger partial charge in [0, 0.05) is 0 Å². The zero-order valence-corrected chi connectivity index (χ0v) is 7.75. The van der Waals surface area contributed by atoms with E-state index >= 15 is 0 Å². The molecule has 3 heteroatoms. The first kappa shape index (κ1) is 8.96. The number of carbonyl (C=O) groups excluding carboxylic acids is 1. The molecular formula is C6H11ClOSi. The Morgan fingerprint density at radius 3 is 2.11 bits per heavy atom. The molecule has 0 radical (unpaired) electrons. The van der Waals surface area contributed by atoms with Gasteiger partial charge in [-0.05, 0) is 6.04 Å². The molecule has 0 heterocycles. The Morgan fingerprint density at radius 1 is 1.56 bits per heavy atom.